The molecule has 142 valence electrons. The van der Waals surface area contributed by atoms with Crippen molar-refractivity contribution in [1.82, 2.24) is 0 Å². The summed E-state index contributed by atoms with van der Waals surface area (Å²) in [7, 11) is 1.56. The lowest BCUT2D eigenvalue weighted by atomic mass is 9.89. The number of benzene rings is 3. The molecule has 4 heteroatoms. The predicted octanol–water partition coefficient (Wildman–Crippen LogP) is 4.64. The zero-order valence-electron chi connectivity index (χ0n) is 15.7. The minimum absolute atomic E-state index is 0.119. The number of Topliss-reactive ketones (excluding diaryl/α,β-unsaturated/α-hetero) is 1. The van der Waals surface area contributed by atoms with Crippen molar-refractivity contribution in [1.29, 1.82) is 0 Å². The molecular weight excluding hydrogens is 352 g/mol. The van der Waals surface area contributed by atoms with Gasteiger partial charge in [0.2, 0.25) is 0 Å². The second kappa shape index (κ2) is 9.51. The van der Waals surface area contributed by atoms with E-state index in [-0.39, 0.29) is 24.7 Å². The Morgan fingerprint density at radius 1 is 0.786 bits per heavy atom. The molecule has 0 unspecified atom stereocenters. The zero-order chi connectivity index (χ0) is 19.8. The Kier molecular flexibility index (Phi) is 6.58. The summed E-state index contributed by atoms with van der Waals surface area (Å²) in [5, 5.41) is 0. The summed E-state index contributed by atoms with van der Waals surface area (Å²) in [5.74, 6) is -0.0976. The molecule has 0 spiro atoms. The number of esters is 1. The third-order valence-corrected chi connectivity index (χ3v) is 4.55. The van der Waals surface area contributed by atoms with Crippen molar-refractivity contribution in [2.75, 3.05) is 13.7 Å². The Bertz CT molecular complexity index is 863. The van der Waals surface area contributed by atoms with Crippen molar-refractivity contribution < 1.29 is 19.1 Å². The van der Waals surface area contributed by atoms with Crippen molar-refractivity contribution in [2.45, 2.75) is 12.3 Å². The van der Waals surface area contributed by atoms with E-state index in [1.165, 1.54) is 0 Å². The number of rotatable bonds is 8. The lowest BCUT2D eigenvalue weighted by molar-refractivity contribution is -0.142. The van der Waals surface area contributed by atoms with E-state index in [0.29, 0.717) is 11.3 Å². The van der Waals surface area contributed by atoms with Crippen molar-refractivity contribution in [3.63, 3.8) is 0 Å². The Balaban J connectivity index is 1.64. The second-order valence-electron chi connectivity index (χ2n) is 6.39. The van der Waals surface area contributed by atoms with Crippen LogP contribution in [0.15, 0.2) is 84.9 Å². The molecule has 3 rings (SSSR count). The summed E-state index contributed by atoms with van der Waals surface area (Å²) in [5.41, 5.74) is 2.55. The molecule has 4 nitrogen and oxygen atoms in total. The van der Waals surface area contributed by atoms with Gasteiger partial charge in [-0.3, -0.25) is 9.59 Å². The minimum Gasteiger partial charge on any atom is -0.497 e. The Morgan fingerprint density at radius 3 is 1.82 bits per heavy atom. The molecule has 3 aromatic carbocycles. The maximum absolute atomic E-state index is 12.4. The van der Waals surface area contributed by atoms with Gasteiger partial charge in [-0.15, -0.1) is 0 Å². The average molecular weight is 374 g/mol. The lowest BCUT2D eigenvalue weighted by Gasteiger charge is -2.17. The van der Waals surface area contributed by atoms with Crippen molar-refractivity contribution in [3.8, 4) is 5.75 Å². The van der Waals surface area contributed by atoms with E-state index in [1.807, 2.05) is 60.7 Å². The van der Waals surface area contributed by atoms with Crippen LogP contribution in [0.3, 0.4) is 0 Å². The molecule has 0 bridgehead atoms. The first-order valence-electron chi connectivity index (χ1n) is 9.10. The van der Waals surface area contributed by atoms with E-state index in [1.54, 1.807) is 31.4 Å². The van der Waals surface area contributed by atoms with Crippen LogP contribution in [0.1, 0.15) is 33.8 Å². The fraction of sp³-hybridized carbons (Fsp3) is 0.167. The van der Waals surface area contributed by atoms with E-state index < -0.39 is 5.97 Å². The maximum Gasteiger partial charge on any atom is 0.307 e. The summed E-state index contributed by atoms with van der Waals surface area (Å²) < 4.78 is 10.3. The first kappa shape index (κ1) is 19.4. The van der Waals surface area contributed by atoms with E-state index in [2.05, 4.69) is 0 Å². The molecule has 0 radical (unpaired) electrons. The van der Waals surface area contributed by atoms with Crippen LogP contribution in [-0.2, 0) is 9.53 Å². The molecule has 0 saturated carbocycles. The smallest absolute Gasteiger partial charge is 0.307 e. The van der Waals surface area contributed by atoms with Gasteiger partial charge in [0.15, 0.2) is 12.4 Å². The highest BCUT2D eigenvalue weighted by atomic mass is 16.5. The molecule has 0 aliphatic heterocycles. The third-order valence-electron chi connectivity index (χ3n) is 4.55. The average Bonchev–Trinajstić information content (AvgIpc) is 2.77. The van der Waals surface area contributed by atoms with Crippen LogP contribution < -0.4 is 4.74 Å². The van der Waals surface area contributed by atoms with Crippen LogP contribution in [0.5, 0.6) is 5.75 Å². The number of hydrogen-bond donors (Lipinski definition) is 0. The topological polar surface area (TPSA) is 52.6 Å². The number of carbonyl (C=O) groups is 2. The van der Waals surface area contributed by atoms with Gasteiger partial charge >= 0.3 is 5.97 Å². The van der Waals surface area contributed by atoms with Crippen LogP contribution in [-0.4, -0.2) is 25.5 Å². The summed E-state index contributed by atoms with van der Waals surface area (Å²) in [6.07, 6.45) is 0.171. The second-order valence-corrected chi connectivity index (χ2v) is 6.39. The molecule has 0 fully saturated rings. The molecule has 0 aromatic heterocycles. The highest BCUT2D eigenvalue weighted by molar-refractivity contribution is 5.98. The van der Waals surface area contributed by atoms with Crippen LogP contribution in [0.2, 0.25) is 0 Å². The summed E-state index contributed by atoms with van der Waals surface area (Å²) >= 11 is 0. The molecule has 0 amide bonds. The SMILES string of the molecule is COc1ccc(C(=O)COC(=O)CC(c2ccccc2)c2ccccc2)cc1. The fourth-order valence-electron chi connectivity index (χ4n) is 3.03. The van der Waals surface area contributed by atoms with Crippen molar-refractivity contribution in [3.05, 3.63) is 102 Å². The quantitative estimate of drug-likeness (QED) is 0.426. The monoisotopic (exact) mass is 374 g/mol. The number of ether oxygens (including phenoxy) is 2. The van der Waals surface area contributed by atoms with E-state index in [0.717, 1.165) is 11.1 Å². The number of hydrogen-bond acceptors (Lipinski definition) is 4. The molecule has 0 aliphatic rings. The predicted molar refractivity (Wildman–Crippen MR) is 108 cm³/mol. The highest BCUT2D eigenvalue weighted by Gasteiger charge is 2.20. The first-order valence-corrected chi connectivity index (χ1v) is 9.10. The van der Waals surface area contributed by atoms with Gasteiger partial charge in [-0.2, -0.15) is 0 Å². The van der Waals surface area contributed by atoms with Gasteiger partial charge < -0.3 is 9.47 Å². The number of ketones is 1. The van der Waals surface area contributed by atoms with Crippen LogP contribution >= 0.6 is 0 Å². The van der Waals surface area contributed by atoms with E-state index in [4.69, 9.17) is 9.47 Å². The standard InChI is InChI=1S/C24H22O4/c1-27-21-14-12-20(13-15-21)23(25)17-28-24(26)16-22(18-8-4-2-5-9-18)19-10-6-3-7-11-19/h2-15,22H,16-17H2,1H3. The number of methoxy groups -OCH3 is 1. The maximum atomic E-state index is 12.4. The van der Waals surface area contributed by atoms with Gasteiger partial charge in [-0.1, -0.05) is 60.7 Å². The molecule has 28 heavy (non-hydrogen) atoms. The van der Waals surface area contributed by atoms with Crippen molar-refractivity contribution >= 4 is 11.8 Å². The Hall–Kier alpha value is -3.40. The van der Waals surface area contributed by atoms with Gasteiger partial charge in [0.05, 0.1) is 13.5 Å². The van der Waals surface area contributed by atoms with Gasteiger partial charge in [0.25, 0.3) is 0 Å². The molecule has 0 saturated heterocycles. The molecule has 0 aliphatic carbocycles. The largest absolute Gasteiger partial charge is 0.497 e. The molecule has 0 N–H and O–H groups in total. The first-order chi connectivity index (χ1) is 13.7. The molecule has 0 atom stereocenters. The van der Waals surface area contributed by atoms with Gasteiger partial charge in [0.1, 0.15) is 5.75 Å². The normalized spacial score (nSPS) is 10.5. The lowest BCUT2D eigenvalue weighted by Crippen LogP contribution is -2.17. The highest BCUT2D eigenvalue weighted by Crippen LogP contribution is 2.28. The summed E-state index contributed by atoms with van der Waals surface area (Å²) in [4.78, 5) is 24.7. The Morgan fingerprint density at radius 2 is 1.32 bits per heavy atom. The summed E-state index contributed by atoms with van der Waals surface area (Å²) in [6.45, 7) is -0.276. The summed E-state index contributed by atoms with van der Waals surface area (Å²) in [6, 6.07) is 26.4. The molecule has 0 heterocycles. The van der Waals surface area contributed by atoms with Gasteiger partial charge in [-0.25, -0.2) is 0 Å². The zero-order valence-corrected chi connectivity index (χ0v) is 15.7. The van der Waals surface area contributed by atoms with Crippen LogP contribution in [0.25, 0.3) is 0 Å². The van der Waals surface area contributed by atoms with Crippen LogP contribution in [0.4, 0.5) is 0 Å². The fourth-order valence-corrected chi connectivity index (χ4v) is 3.03. The van der Waals surface area contributed by atoms with Crippen molar-refractivity contribution in [2.24, 2.45) is 0 Å². The Labute approximate surface area is 164 Å². The van der Waals surface area contributed by atoms with Gasteiger partial charge in [0, 0.05) is 11.5 Å². The van der Waals surface area contributed by atoms with E-state index in [9.17, 15) is 9.59 Å². The number of carbonyl (C=O) groups excluding carboxylic acids is 2. The molecule has 3 aromatic rings. The van der Waals surface area contributed by atoms with E-state index >= 15 is 0 Å². The van der Waals surface area contributed by atoms with Crippen LogP contribution in [0, 0.1) is 0 Å². The third kappa shape index (κ3) is 5.07. The van der Waals surface area contributed by atoms with Gasteiger partial charge in [-0.05, 0) is 35.4 Å². The molecular formula is C24H22O4. The minimum atomic E-state index is -0.403.